The molecule has 2 rings (SSSR count). The second-order valence-electron chi connectivity index (χ2n) is 3.80. The van der Waals surface area contributed by atoms with Gasteiger partial charge in [-0.3, -0.25) is 20.3 Å². The summed E-state index contributed by atoms with van der Waals surface area (Å²) in [6, 6.07) is 6.26. The minimum Gasteiger partial charge on any atom is -0.275 e. The third-order valence-corrected chi connectivity index (χ3v) is 2.59. The van der Waals surface area contributed by atoms with Crippen molar-refractivity contribution in [2.45, 2.75) is 0 Å². The number of carbonyl (C=O) groups excluding carboxylic acids is 3. The van der Waals surface area contributed by atoms with Crippen LogP contribution in [-0.4, -0.2) is 29.4 Å². The van der Waals surface area contributed by atoms with Crippen LogP contribution in [0.15, 0.2) is 30.3 Å². The Morgan fingerprint density at radius 1 is 1.32 bits per heavy atom. The van der Waals surface area contributed by atoms with Gasteiger partial charge >= 0.3 is 6.03 Å². The molecule has 0 unspecified atom stereocenters. The average molecular weight is 280 g/mol. The number of carbonyl (C=O) groups is 3. The average Bonchev–Trinajstić information content (AvgIpc) is 2.67. The van der Waals surface area contributed by atoms with E-state index in [0.29, 0.717) is 5.02 Å². The molecule has 6 nitrogen and oxygen atoms in total. The number of rotatable bonds is 3. The van der Waals surface area contributed by atoms with Crippen LogP contribution in [0.4, 0.5) is 4.79 Å². The van der Waals surface area contributed by atoms with Gasteiger partial charge in [-0.05, 0) is 23.8 Å². The zero-order valence-corrected chi connectivity index (χ0v) is 10.5. The van der Waals surface area contributed by atoms with Crippen LogP contribution in [0, 0.1) is 0 Å². The number of urea groups is 1. The van der Waals surface area contributed by atoms with E-state index in [-0.39, 0.29) is 6.54 Å². The van der Waals surface area contributed by atoms with Crippen molar-refractivity contribution in [3.8, 4) is 0 Å². The Kier molecular flexibility index (Phi) is 3.82. The largest absolute Gasteiger partial charge is 0.343 e. The minimum absolute atomic E-state index is 0.181. The molecule has 0 bridgehead atoms. The van der Waals surface area contributed by atoms with Crippen molar-refractivity contribution in [3.05, 3.63) is 40.9 Å². The van der Waals surface area contributed by atoms with Gasteiger partial charge in [-0.2, -0.15) is 0 Å². The van der Waals surface area contributed by atoms with E-state index in [1.54, 1.807) is 30.3 Å². The fourth-order valence-electron chi connectivity index (χ4n) is 1.45. The Hall–Kier alpha value is -2.34. The van der Waals surface area contributed by atoms with Crippen LogP contribution in [0.2, 0.25) is 5.02 Å². The fourth-order valence-corrected chi connectivity index (χ4v) is 1.57. The molecule has 98 valence electrons. The van der Waals surface area contributed by atoms with Crippen LogP contribution in [0.3, 0.4) is 0 Å². The maximum absolute atomic E-state index is 11.5. The highest BCUT2D eigenvalue weighted by atomic mass is 35.5. The summed E-state index contributed by atoms with van der Waals surface area (Å²) in [5, 5.41) is 3.57. The Balaban J connectivity index is 1.92. The first-order valence-electron chi connectivity index (χ1n) is 5.40. The maximum Gasteiger partial charge on any atom is 0.343 e. The molecule has 0 atom stereocenters. The van der Waals surface area contributed by atoms with Crippen molar-refractivity contribution in [1.29, 1.82) is 0 Å². The van der Waals surface area contributed by atoms with Crippen LogP contribution in [0.25, 0.3) is 6.08 Å². The van der Waals surface area contributed by atoms with Crippen LogP contribution >= 0.6 is 11.6 Å². The Morgan fingerprint density at radius 3 is 2.58 bits per heavy atom. The summed E-state index contributed by atoms with van der Waals surface area (Å²) >= 11 is 5.73. The molecule has 1 saturated heterocycles. The van der Waals surface area contributed by atoms with Gasteiger partial charge in [0.15, 0.2) is 0 Å². The quantitative estimate of drug-likeness (QED) is 0.638. The summed E-state index contributed by atoms with van der Waals surface area (Å²) in [5.74, 6) is -0.952. The van der Waals surface area contributed by atoms with Gasteiger partial charge < -0.3 is 0 Å². The van der Waals surface area contributed by atoms with Crippen LogP contribution in [-0.2, 0) is 9.59 Å². The molecule has 7 heteroatoms. The first-order chi connectivity index (χ1) is 9.04. The van der Waals surface area contributed by atoms with Gasteiger partial charge in [0.05, 0.1) is 0 Å². The van der Waals surface area contributed by atoms with Crippen molar-refractivity contribution in [3.63, 3.8) is 0 Å². The number of hydrogen-bond acceptors (Lipinski definition) is 3. The standard InChI is InChI=1S/C12H10ClN3O3/c13-9-4-1-8(2-5-9)3-6-10(17)15-16-7-11(18)14-12(16)19/h1-6H,7H2,(H,15,17)(H,14,18,19)/b6-3+. The van der Waals surface area contributed by atoms with E-state index in [1.807, 2.05) is 5.32 Å². The monoisotopic (exact) mass is 279 g/mol. The second-order valence-corrected chi connectivity index (χ2v) is 4.24. The molecule has 0 aromatic heterocycles. The summed E-state index contributed by atoms with van der Waals surface area (Å²) in [4.78, 5) is 33.6. The van der Waals surface area contributed by atoms with Crippen molar-refractivity contribution >= 4 is 35.5 Å². The smallest absolute Gasteiger partial charge is 0.275 e. The molecule has 1 aliphatic heterocycles. The number of amides is 4. The van der Waals surface area contributed by atoms with Crippen molar-refractivity contribution in [2.24, 2.45) is 0 Å². The summed E-state index contributed by atoms with van der Waals surface area (Å²) in [5.41, 5.74) is 3.08. The zero-order chi connectivity index (χ0) is 13.8. The molecule has 1 fully saturated rings. The lowest BCUT2D eigenvalue weighted by Gasteiger charge is -2.12. The van der Waals surface area contributed by atoms with E-state index in [1.165, 1.54) is 6.08 Å². The first-order valence-corrected chi connectivity index (χ1v) is 5.78. The van der Waals surface area contributed by atoms with E-state index >= 15 is 0 Å². The summed E-state index contributed by atoms with van der Waals surface area (Å²) in [6.45, 7) is -0.181. The molecular weight excluding hydrogens is 270 g/mol. The predicted molar refractivity (Wildman–Crippen MR) is 68.9 cm³/mol. The normalized spacial score (nSPS) is 14.9. The van der Waals surface area contributed by atoms with Gasteiger partial charge in [0.2, 0.25) is 5.91 Å². The predicted octanol–water partition coefficient (Wildman–Crippen LogP) is 0.936. The molecule has 0 radical (unpaired) electrons. The first kappa shape index (κ1) is 13.1. The molecule has 1 aliphatic rings. The van der Waals surface area contributed by atoms with Gasteiger partial charge in [0, 0.05) is 11.1 Å². The molecule has 0 spiro atoms. The summed E-state index contributed by atoms with van der Waals surface area (Å²) in [6.07, 6.45) is 2.83. The van der Waals surface area contributed by atoms with E-state index in [2.05, 4.69) is 5.43 Å². The molecule has 1 aromatic carbocycles. The van der Waals surface area contributed by atoms with Gasteiger partial charge in [-0.1, -0.05) is 23.7 Å². The lowest BCUT2D eigenvalue weighted by atomic mass is 10.2. The van der Waals surface area contributed by atoms with Crippen LogP contribution in [0.5, 0.6) is 0 Å². The minimum atomic E-state index is -0.641. The highest BCUT2D eigenvalue weighted by Gasteiger charge is 2.27. The highest BCUT2D eigenvalue weighted by molar-refractivity contribution is 6.30. The summed E-state index contributed by atoms with van der Waals surface area (Å²) < 4.78 is 0. The Morgan fingerprint density at radius 2 is 2.00 bits per heavy atom. The Labute approximate surface area is 114 Å². The number of halogens is 1. The number of imide groups is 1. The maximum atomic E-state index is 11.5. The number of benzene rings is 1. The SMILES string of the molecule is O=C(/C=C/c1ccc(Cl)cc1)NN1CC(=O)NC1=O. The lowest BCUT2D eigenvalue weighted by Crippen LogP contribution is -2.43. The summed E-state index contributed by atoms with van der Waals surface area (Å²) in [7, 11) is 0. The second kappa shape index (κ2) is 5.53. The lowest BCUT2D eigenvalue weighted by molar-refractivity contribution is -0.121. The molecular formula is C12H10ClN3O3. The number of hydrazine groups is 1. The van der Waals surface area contributed by atoms with Crippen LogP contribution < -0.4 is 10.7 Å². The molecule has 19 heavy (non-hydrogen) atoms. The molecule has 4 amide bonds. The van der Waals surface area contributed by atoms with E-state index < -0.39 is 17.8 Å². The number of nitrogens with one attached hydrogen (secondary N) is 2. The van der Waals surface area contributed by atoms with Gasteiger partial charge in [0.25, 0.3) is 5.91 Å². The van der Waals surface area contributed by atoms with E-state index in [4.69, 9.17) is 11.6 Å². The topological polar surface area (TPSA) is 78.5 Å². The van der Waals surface area contributed by atoms with E-state index in [0.717, 1.165) is 10.6 Å². The van der Waals surface area contributed by atoms with Crippen molar-refractivity contribution in [2.75, 3.05) is 6.54 Å². The fraction of sp³-hybridized carbons (Fsp3) is 0.0833. The van der Waals surface area contributed by atoms with Gasteiger partial charge in [0.1, 0.15) is 6.54 Å². The third kappa shape index (κ3) is 3.56. The number of hydrogen-bond donors (Lipinski definition) is 2. The molecule has 2 N–H and O–H groups in total. The zero-order valence-electron chi connectivity index (χ0n) is 9.72. The van der Waals surface area contributed by atoms with Gasteiger partial charge in [-0.15, -0.1) is 0 Å². The number of nitrogens with zero attached hydrogens (tertiary/aromatic N) is 1. The van der Waals surface area contributed by atoms with Crippen LogP contribution in [0.1, 0.15) is 5.56 Å². The van der Waals surface area contributed by atoms with Gasteiger partial charge in [-0.25, -0.2) is 9.80 Å². The molecule has 0 saturated carbocycles. The molecule has 1 heterocycles. The van der Waals surface area contributed by atoms with Crippen molar-refractivity contribution < 1.29 is 14.4 Å². The molecule has 1 aromatic rings. The molecule has 0 aliphatic carbocycles. The Bertz CT molecular complexity index is 554. The van der Waals surface area contributed by atoms with E-state index in [9.17, 15) is 14.4 Å². The van der Waals surface area contributed by atoms with Crippen molar-refractivity contribution in [1.82, 2.24) is 15.8 Å². The third-order valence-electron chi connectivity index (χ3n) is 2.34. The highest BCUT2D eigenvalue weighted by Crippen LogP contribution is 2.10.